The molecule has 96 valence electrons. The molecule has 0 aliphatic carbocycles. The first-order valence-corrected chi connectivity index (χ1v) is 6.67. The van der Waals surface area contributed by atoms with Crippen LogP contribution in [-0.4, -0.2) is 50.8 Å². The Morgan fingerprint density at radius 1 is 1.38 bits per heavy atom. The molecule has 1 N–H and O–H groups in total. The molecule has 0 saturated carbocycles. The predicted molar refractivity (Wildman–Crippen MR) is 68.8 cm³/mol. The van der Waals surface area contributed by atoms with Crippen LogP contribution >= 0.6 is 0 Å². The van der Waals surface area contributed by atoms with Crippen molar-refractivity contribution < 1.29 is 4.74 Å². The Balaban J connectivity index is 2.01. The Morgan fingerprint density at radius 2 is 2.19 bits per heavy atom. The van der Waals surface area contributed by atoms with Gasteiger partial charge in [-0.3, -0.25) is 0 Å². The van der Waals surface area contributed by atoms with Crippen LogP contribution in [0.4, 0.5) is 0 Å². The second kappa shape index (κ2) is 8.04. The van der Waals surface area contributed by atoms with E-state index in [0.29, 0.717) is 6.04 Å². The number of methoxy groups -OCH3 is 1. The molecule has 1 unspecified atom stereocenters. The van der Waals surface area contributed by atoms with Crippen molar-refractivity contribution in [3.05, 3.63) is 0 Å². The summed E-state index contributed by atoms with van der Waals surface area (Å²) >= 11 is 0. The van der Waals surface area contributed by atoms with Crippen molar-refractivity contribution in [3.63, 3.8) is 0 Å². The van der Waals surface area contributed by atoms with E-state index in [4.69, 9.17) is 4.74 Å². The highest BCUT2D eigenvalue weighted by atomic mass is 16.5. The molecule has 1 heterocycles. The summed E-state index contributed by atoms with van der Waals surface area (Å²) in [4.78, 5) is 2.60. The van der Waals surface area contributed by atoms with Gasteiger partial charge in [-0.05, 0) is 44.8 Å². The molecule has 1 fully saturated rings. The zero-order chi connectivity index (χ0) is 11.8. The number of nitrogens with one attached hydrogen (secondary N) is 1. The maximum absolute atomic E-state index is 5.06. The minimum Gasteiger partial charge on any atom is -0.385 e. The molecule has 0 radical (unpaired) electrons. The second-order valence-corrected chi connectivity index (χ2v) is 5.22. The molecule has 1 aliphatic rings. The number of hydrogen-bond donors (Lipinski definition) is 1. The lowest BCUT2D eigenvalue weighted by atomic mass is 10.1. The van der Waals surface area contributed by atoms with E-state index in [9.17, 15) is 0 Å². The first kappa shape index (κ1) is 13.9. The third kappa shape index (κ3) is 5.83. The molecular formula is C13H28N2O. The Hall–Kier alpha value is -0.120. The quantitative estimate of drug-likeness (QED) is 0.640. The van der Waals surface area contributed by atoms with E-state index in [0.717, 1.165) is 12.5 Å². The predicted octanol–water partition coefficient (Wildman–Crippen LogP) is 1.73. The summed E-state index contributed by atoms with van der Waals surface area (Å²) in [7, 11) is 1.78. The van der Waals surface area contributed by atoms with E-state index in [2.05, 4.69) is 24.1 Å². The van der Waals surface area contributed by atoms with Gasteiger partial charge in [-0.2, -0.15) is 0 Å². The number of rotatable bonds is 8. The molecule has 1 rings (SSSR count). The average molecular weight is 228 g/mol. The van der Waals surface area contributed by atoms with Gasteiger partial charge in [0.15, 0.2) is 0 Å². The van der Waals surface area contributed by atoms with Gasteiger partial charge in [-0.1, -0.05) is 13.8 Å². The van der Waals surface area contributed by atoms with Crippen LogP contribution < -0.4 is 5.32 Å². The zero-order valence-corrected chi connectivity index (χ0v) is 11.2. The van der Waals surface area contributed by atoms with Gasteiger partial charge in [0.2, 0.25) is 0 Å². The van der Waals surface area contributed by atoms with Crippen molar-refractivity contribution in [2.45, 2.75) is 39.2 Å². The molecule has 0 bridgehead atoms. The van der Waals surface area contributed by atoms with Gasteiger partial charge >= 0.3 is 0 Å². The van der Waals surface area contributed by atoms with E-state index in [1.807, 2.05) is 0 Å². The normalized spacial score (nSPS) is 22.1. The van der Waals surface area contributed by atoms with Crippen molar-refractivity contribution in [1.29, 1.82) is 0 Å². The molecule has 0 spiro atoms. The van der Waals surface area contributed by atoms with E-state index in [1.165, 1.54) is 45.4 Å². The highest BCUT2D eigenvalue weighted by molar-refractivity contribution is 4.77. The molecule has 1 saturated heterocycles. The van der Waals surface area contributed by atoms with Crippen molar-refractivity contribution >= 4 is 0 Å². The van der Waals surface area contributed by atoms with Gasteiger partial charge < -0.3 is 15.0 Å². The fraction of sp³-hybridized carbons (Fsp3) is 1.00. The average Bonchev–Trinajstić information content (AvgIpc) is 2.70. The lowest BCUT2D eigenvalue weighted by Crippen LogP contribution is -2.31. The molecule has 1 aliphatic heterocycles. The monoisotopic (exact) mass is 228 g/mol. The molecule has 0 aromatic rings. The summed E-state index contributed by atoms with van der Waals surface area (Å²) in [5.41, 5.74) is 0. The van der Waals surface area contributed by atoms with Crippen LogP contribution in [0.1, 0.15) is 33.1 Å². The van der Waals surface area contributed by atoms with Gasteiger partial charge in [0.1, 0.15) is 0 Å². The summed E-state index contributed by atoms with van der Waals surface area (Å²) in [6.45, 7) is 10.4. The first-order valence-electron chi connectivity index (χ1n) is 6.67. The first-order chi connectivity index (χ1) is 7.72. The van der Waals surface area contributed by atoms with Crippen LogP contribution in [0.25, 0.3) is 0 Å². The van der Waals surface area contributed by atoms with Crippen molar-refractivity contribution in [1.82, 2.24) is 10.2 Å². The Morgan fingerprint density at radius 3 is 2.88 bits per heavy atom. The van der Waals surface area contributed by atoms with E-state index >= 15 is 0 Å². The third-order valence-corrected chi connectivity index (χ3v) is 3.26. The van der Waals surface area contributed by atoms with Crippen LogP contribution in [0, 0.1) is 5.92 Å². The molecule has 16 heavy (non-hydrogen) atoms. The standard InChI is InChI=1S/C13H28N2O/c1-12(2)14-10-13-6-8-15(11-13)7-4-5-9-16-3/h12-14H,4-11H2,1-3H3. The van der Waals surface area contributed by atoms with Crippen molar-refractivity contribution in [3.8, 4) is 0 Å². The second-order valence-electron chi connectivity index (χ2n) is 5.22. The summed E-state index contributed by atoms with van der Waals surface area (Å²) in [5.74, 6) is 0.866. The maximum Gasteiger partial charge on any atom is 0.0462 e. The van der Waals surface area contributed by atoms with E-state index < -0.39 is 0 Å². The van der Waals surface area contributed by atoms with Crippen LogP contribution in [0.15, 0.2) is 0 Å². The lowest BCUT2D eigenvalue weighted by molar-refractivity contribution is 0.186. The molecule has 3 heteroatoms. The molecule has 0 aromatic carbocycles. The molecule has 0 amide bonds. The third-order valence-electron chi connectivity index (χ3n) is 3.26. The summed E-state index contributed by atoms with van der Waals surface area (Å²) in [6.07, 6.45) is 3.84. The van der Waals surface area contributed by atoms with E-state index in [-0.39, 0.29) is 0 Å². The Labute approximate surface area is 101 Å². The highest BCUT2D eigenvalue weighted by Gasteiger charge is 2.21. The lowest BCUT2D eigenvalue weighted by Gasteiger charge is -2.17. The Bertz CT molecular complexity index is 173. The van der Waals surface area contributed by atoms with Crippen LogP contribution in [-0.2, 0) is 4.74 Å². The molecule has 0 aromatic heterocycles. The van der Waals surface area contributed by atoms with Crippen molar-refractivity contribution in [2.24, 2.45) is 5.92 Å². The Kier molecular flexibility index (Phi) is 7.01. The van der Waals surface area contributed by atoms with Crippen LogP contribution in [0.3, 0.4) is 0 Å². The van der Waals surface area contributed by atoms with E-state index in [1.54, 1.807) is 7.11 Å². The van der Waals surface area contributed by atoms with Crippen LogP contribution in [0.2, 0.25) is 0 Å². The maximum atomic E-state index is 5.06. The summed E-state index contributed by atoms with van der Waals surface area (Å²) in [6, 6.07) is 0.621. The molecule has 1 atom stereocenters. The number of likely N-dealkylation sites (tertiary alicyclic amines) is 1. The molecular weight excluding hydrogens is 200 g/mol. The van der Waals surface area contributed by atoms with Gasteiger partial charge in [0.25, 0.3) is 0 Å². The minimum atomic E-state index is 0.621. The smallest absolute Gasteiger partial charge is 0.0462 e. The summed E-state index contributed by atoms with van der Waals surface area (Å²) in [5, 5.41) is 3.54. The van der Waals surface area contributed by atoms with Gasteiger partial charge in [0, 0.05) is 26.3 Å². The van der Waals surface area contributed by atoms with Gasteiger partial charge in [-0.25, -0.2) is 0 Å². The molecule has 3 nitrogen and oxygen atoms in total. The number of hydrogen-bond acceptors (Lipinski definition) is 3. The number of ether oxygens (including phenoxy) is 1. The largest absolute Gasteiger partial charge is 0.385 e. The number of nitrogens with zero attached hydrogens (tertiary/aromatic N) is 1. The highest BCUT2D eigenvalue weighted by Crippen LogP contribution is 2.15. The SMILES string of the molecule is COCCCCN1CCC(CNC(C)C)C1. The van der Waals surface area contributed by atoms with Gasteiger partial charge in [-0.15, -0.1) is 0 Å². The number of unbranched alkanes of at least 4 members (excludes halogenated alkanes) is 1. The van der Waals surface area contributed by atoms with Crippen molar-refractivity contribution in [2.75, 3.05) is 39.9 Å². The fourth-order valence-corrected chi connectivity index (χ4v) is 2.27. The van der Waals surface area contributed by atoms with Gasteiger partial charge in [0.05, 0.1) is 0 Å². The minimum absolute atomic E-state index is 0.621. The topological polar surface area (TPSA) is 24.5 Å². The van der Waals surface area contributed by atoms with Crippen LogP contribution in [0.5, 0.6) is 0 Å². The fourth-order valence-electron chi connectivity index (χ4n) is 2.27. The zero-order valence-electron chi connectivity index (χ0n) is 11.2. The summed E-state index contributed by atoms with van der Waals surface area (Å²) < 4.78 is 5.06.